The molecule has 1 N–H and O–H groups in total. The molecule has 0 saturated carbocycles. The molecule has 3 nitrogen and oxygen atoms in total. The third kappa shape index (κ3) is 2.76. The van der Waals surface area contributed by atoms with E-state index >= 15 is 0 Å². The number of halogens is 1. The normalized spacial score (nSPS) is 11.0. The van der Waals surface area contributed by atoms with Gasteiger partial charge in [0.15, 0.2) is 11.6 Å². The lowest BCUT2D eigenvalue weighted by molar-refractivity contribution is 0.287. The van der Waals surface area contributed by atoms with Crippen molar-refractivity contribution in [2.45, 2.75) is 13.2 Å². The minimum atomic E-state index is -0.361. The number of rotatable bonds is 5. The fraction of sp³-hybridized carbons (Fsp3) is 0.176. The van der Waals surface area contributed by atoms with Crippen LogP contribution < -0.4 is 10.1 Å². The Hall–Kier alpha value is -2.33. The first-order chi connectivity index (χ1) is 10.3. The first-order valence-corrected chi connectivity index (χ1v) is 6.81. The molecule has 0 amide bonds. The Morgan fingerprint density at radius 2 is 1.86 bits per heavy atom. The maximum atomic E-state index is 13.6. The van der Waals surface area contributed by atoms with Crippen LogP contribution in [0, 0.1) is 5.82 Å². The van der Waals surface area contributed by atoms with Gasteiger partial charge in [0.05, 0.1) is 6.54 Å². The van der Waals surface area contributed by atoms with Crippen molar-refractivity contribution in [3.63, 3.8) is 0 Å². The Kier molecular flexibility index (Phi) is 3.88. The highest BCUT2D eigenvalue weighted by Gasteiger charge is 2.14. The van der Waals surface area contributed by atoms with E-state index in [2.05, 4.69) is 5.32 Å². The van der Waals surface area contributed by atoms with Crippen molar-refractivity contribution in [1.82, 2.24) is 5.32 Å². The minimum absolute atomic E-state index is 0.248. The summed E-state index contributed by atoms with van der Waals surface area (Å²) >= 11 is 0. The molecule has 0 saturated heterocycles. The average Bonchev–Trinajstić information content (AvgIpc) is 2.84. The molecule has 0 aliphatic rings. The van der Waals surface area contributed by atoms with E-state index in [-0.39, 0.29) is 18.2 Å². The van der Waals surface area contributed by atoms with E-state index in [1.165, 1.54) is 6.07 Å². The van der Waals surface area contributed by atoms with Crippen LogP contribution in [0.25, 0.3) is 11.0 Å². The van der Waals surface area contributed by atoms with Gasteiger partial charge in [-0.05, 0) is 25.2 Å². The van der Waals surface area contributed by atoms with Gasteiger partial charge >= 0.3 is 0 Å². The van der Waals surface area contributed by atoms with E-state index in [0.29, 0.717) is 6.54 Å². The van der Waals surface area contributed by atoms with Gasteiger partial charge in [0.25, 0.3) is 0 Å². The lowest BCUT2D eigenvalue weighted by Crippen LogP contribution is -2.07. The molecule has 1 heterocycles. The quantitative estimate of drug-likeness (QED) is 0.772. The molecule has 0 unspecified atom stereocenters. The number of hydrogen-bond donors (Lipinski definition) is 1. The number of hydrogen-bond acceptors (Lipinski definition) is 3. The van der Waals surface area contributed by atoms with Gasteiger partial charge in [-0.1, -0.05) is 30.3 Å². The predicted octanol–water partition coefficient (Wildman–Crippen LogP) is 3.87. The summed E-state index contributed by atoms with van der Waals surface area (Å²) in [7, 11) is 1.86. The second-order valence-corrected chi connectivity index (χ2v) is 4.75. The van der Waals surface area contributed by atoms with E-state index in [4.69, 9.17) is 9.15 Å². The molecule has 3 aromatic rings. The lowest BCUT2D eigenvalue weighted by atomic mass is 10.1. The Bertz CT molecular complexity index is 751. The molecular weight excluding hydrogens is 269 g/mol. The summed E-state index contributed by atoms with van der Waals surface area (Å²) in [5.74, 6) is 0.702. The van der Waals surface area contributed by atoms with Crippen molar-refractivity contribution in [2.24, 2.45) is 0 Å². The fourth-order valence-corrected chi connectivity index (χ4v) is 2.32. The van der Waals surface area contributed by atoms with Crippen molar-refractivity contribution in [3.8, 4) is 5.75 Å². The molecule has 0 fully saturated rings. The van der Waals surface area contributed by atoms with Crippen molar-refractivity contribution in [3.05, 3.63) is 65.7 Å². The topological polar surface area (TPSA) is 34.4 Å². The van der Waals surface area contributed by atoms with Crippen LogP contribution in [0.4, 0.5) is 4.39 Å². The van der Waals surface area contributed by atoms with Crippen molar-refractivity contribution in [2.75, 3.05) is 7.05 Å². The highest BCUT2D eigenvalue weighted by molar-refractivity contribution is 5.82. The van der Waals surface area contributed by atoms with Gasteiger partial charge in [0.1, 0.15) is 18.0 Å². The van der Waals surface area contributed by atoms with E-state index in [9.17, 15) is 4.39 Å². The van der Waals surface area contributed by atoms with Crippen LogP contribution in [0.1, 0.15) is 11.3 Å². The Balaban J connectivity index is 1.92. The van der Waals surface area contributed by atoms with Crippen LogP contribution in [0.3, 0.4) is 0 Å². The van der Waals surface area contributed by atoms with Crippen LogP contribution in [0.2, 0.25) is 0 Å². The molecule has 0 atom stereocenters. The van der Waals surface area contributed by atoms with Gasteiger partial charge in [0.2, 0.25) is 0 Å². The van der Waals surface area contributed by atoms with Crippen molar-refractivity contribution >= 4 is 11.0 Å². The predicted molar refractivity (Wildman–Crippen MR) is 79.7 cm³/mol. The average molecular weight is 285 g/mol. The molecule has 0 bridgehead atoms. The number of nitrogens with one attached hydrogen (secondary N) is 1. The van der Waals surface area contributed by atoms with Gasteiger partial charge in [-0.3, -0.25) is 0 Å². The summed E-state index contributed by atoms with van der Waals surface area (Å²) in [4.78, 5) is 0. The summed E-state index contributed by atoms with van der Waals surface area (Å²) in [6, 6.07) is 14.2. The largest absolute Gasteiger partial charge is 0.486 e. The lowest BCUT2D eigenvalue weighted by Gasteiger charge is -2.07. The number of benzene rings is 2. The zero-order chi connectivity index (χ0) is 14.7. The summed E-state index contributed by atoms with van der Waals surface area (Å²) < 4.78 is 25.1. The van der Waals surface area contributed by atoms with Crippen molar-refractivity contribution in [1.29, 1.82) is 0 Å². The second kappa shape index (κ2) is 5.97. The minimum Gasteiger partial charge on any atom is -0.486 e. The monoisotopic (exact) mass is 285 g/mol. The molecule has 0 radical (unpaired) electrons. The Morgan fingerprint density at radius 1 is 1.10 bits per heavy atom. The van der Waals surface area contributed by atoms with Gasteiger partial charge in [0, 0.05) is 10.9 Å². The van der Waals surface area contributed by atoms with Gasteiger partial charge < -0.3 is 14.5 Å². The van der Waals surface area contributed by atoms with Gasteiger partial charge in [-0.2, -0.15) is 0 Å². The van der Waals surface area contributed by atoms with Crippen LogP contribution >= 0.6 is 0 Å². The first-order valence-electron chi connectivity index (χ1n) is 6.81. The second-order valence-electron chi connectivity index (χ2n) is 4.75. The molecule has 1 aromatic heterocycles. The number of para-hydroxylation sites is 2. The summed E-state index contributed by atoms with van der Waals surface area (Å²) in [6.45, 7) is 0.875. The zero-order valence-corrected chi connectivity index (χ0v) is 11.7. The first kappa shape index (κ1) is 13.6. The van der Waals surface area contributed by atoms with E-state index in [0.717, 1.165) is 22.3 Å². The molecule has 3 rings (SSSR count). The van der Waals surface area contributed by atoms with Crippen LogP contribution in [-0.2, 0) is 13.2 Å². The molecule has 0 aliphatic heterocycles. The fourth-order valence-electron chi connectivity index (χ4n) is 2.32. The number of fused-ring (bicyclic) bond motifs is 1. The number of furan rings is 1. The van der Waals surface area contributed by atoms with Gasteiger partial charge in [-0.25, -0.2) is 4.39 Å². The van der Waals surface area contributed by atoms with Crippen LogP contribution in [0.5, 0.6) is 5.75 Å². The van der Waals surface area contributed by atoms with E-state index in [1.807, 2.05) is 31.3 Å². The molecule has 2 aromatic carbocycles. The molecular formula is C17H16FNO2. The highest BCUT2D eigenvalue weighted by Crippen LogP contribution is 2.27. The summed E-state index contributed by atoms with van der Waals surface area (Å²) in [5.41, 5.74) is 1.76. The van der Waals surface area contributed by atoms with Gasteiger partial charge in [-0.15, -0.1) is 0 Å². The number of ether oxygens (including phenoxy) is 1. The standard InChI is InChI=1S/C17H16FNO2/c1-19-10-17-13(12-6-2-4-8-15(12)21-17)11-20-16-9-5-3-7-14(16)18/h2-9,19H,10-11H2,1H3. The molecule has 0 spiro atoms. The van der Waals surface area contributed by atoms with Crippen LogP contribution in [-0.4, -0.2) is 7.05 Å². The molecule has 108 valence electrons. The third-order valence-electron chi connectivity index (χ3n) is 3.33. The molecule has 21 heavy (non-hydrogen) atoms. The SMILES string of the molecule is CNCc1oc2ccccc2c1COc1ccccc1F. The van der Waals surface area contributed by atoms with Crippen molar-refractivity contribution < 1.29 is 13.5 Å². The highest BCUT2D eigenvalue weighted by atomic mass is 19.1. The maximum Gasteiger partial charge on any atom is 0.165 e. The van der Waals surface area contributed by atoms with E-state index in [1.54, 1.807) is 18.2 Å². The summed E-state index contributed by atoms with van der Waals surface area (Å²) in [6.07, 6.45) is 0. The smallest absolute Gasteiger partial charge is 0.165 e. The third-order valence-corrected chi connectivity index (χ3v) is 3.33. The molecule has 0 aliphatic carbocycles. The Morgan fingerprint density at radius 3 is 2.67 bits per heavy atom. The Labute approximate surface area is 122 Å². The zero-order valence-electron chi connectivity index (χ0n) is 11.7. The van der Waals surface area contributed by atoms with E-state index < -0.39 is 0 Å². The van der Waals surface area contributed by atoms with Crippen LogP contribution in [0.15, 0.2) is 52.9 Å². The maximum absolute atomic E-state index is 13.6. The summed E-state index contributed by atoms with van der Waals surface area (Å²) in [5, 5.41) is 4.07. The molecule has 4 heteroatoms.